The van der Waals surface area contributed by atoms with Gasteiger partial charge in [0.25, 0.3) is 4.82 Å². The van der Waals surface area contributed by atoms with Gasteiger partial charge in [-0.05, 0) is 31.0 Å². The predicted molar refractivity (Wildman–Crippen MR) is 74.8 cm³/mol. The van der Waals surface area contributed by atoms with Crippen LogP contribution in [0.25, 0.3) is 0 Å². The Labute approximate surface area is 116 Å². The molecule has 0 N–H and O–H groups in total. The average molecular weight is 316 g/mol. The molecule has 0 atom stereocenters. The van der Waals surface area contributed by atoms with Gasteiger partial charge in [0.2, 0.25) is 0 Å². The van der Waals surface area contributed by atoms with E-state index < -0.39 is 0 Å². The van der Waals surface area contributed by atoms with E-state index in [9.17, 15) is 4.79 Å². The molecule has 4 nitrogen and oxygen atoms in total. The number of halogens is 1. The van der Waals surface area contributed by atoms with Crippen LogP contribution in [0.2, 0.25) is 0 Å². The second-order valence-corrected chi connectivity index (χ2v) is 4.81. The van der Waals surface area contributed by atoms with Crippen LogP contribution in [0, 0.1) is 13.8 Å². The summed E-state index contributed by atoms with van der Waals surface area (Å²) in [6.07, 6.45) is 0. The topological polar surface area (TPSA) is 38.8 Å². The zero-order valence-corrected chi connectivity index (χ0v) is 12.9. The summed E-state index contributed by atoms with van der Waals surface area (Å²) >= 11 is 2.93. The van der Waals surface area contributed by atoms with Gasteiger partial charge in [-0.25, -0.2) is 0 Å². The number of benzene rings is 1. The molecule has 1 aromatic carbocycles. The molecule has 0 spiro atoms. The van der Waals surface area contributed by atoms with E-state index in [1.807, 2.05) is 19.9 Å². The van der Waals surface area contributed by atoms with Crippen molar-refractivity contribution in [3.05, 3.63) is 22.8 Å². The molecule has 0 saturated carbocycles. The first-order chi connectivity index (χ1) is 8.42. The molecule has 0 radical (unpaired) electrons. The van der Waals surface area contributed by atoms with Gasteiger partial charge in [0.05, 0.1) is 14.2 Å². The maximum absolute atomic E-state index is 11.2. The molecule has 0 saturated heterocycles. The van der Waals surface area contributed by atoms with Gasteiger partial charge >= 0.3 is 0 Å². The van der Waals surface area contributed by atoms with Gasteiger partial charge < -0.3 is 14.4 Å². The Morgan fingerprint density at radius 3 is 2.33 bits per heavy atom. The fraction of sp³-hybridized carbons (Fsp3) is 0.462. The highest BCUT2D eigenvalue weighted by molar-refractivity contribution is 9.18. The quantitative estimate of drug-likeness (QED) is 0.632. The highest BCUT2D eigenvalue weighted by atomic mass is 79.9. The third kappa shape index (κ3) is 2.96. The van der Waals surface area contributed by atoms with Crippen LogP contribution in [0.3, 0.4) is 0 Å². The molecule has 5 heteroatoms. The molecule has 0 aromatic heterocycles. The molecule has 0 bridgehead atoms. The minimum Gasteiger partial charge on any atom is -0.496 e. The maximum atomic E-state index is 11.2. The van der Waals surface area contributed by atoms with E-state index in [-0.39, 0.29) is 4.82 Å². The number of hydrogen-bond donors (Lipinski definition) is 0. The zero-order valence-electron chi connectivity index (χ0n) is 11.3. The van der Waals surface area contributed by atoms with Crippen molar-refractivity contribution in [2.24, 2.45) is 0 Å². The van der Waals surface area contributed by atoms with Gasteiger partial charge in [0, 0.05) is 35.1 Å². The van der Waals surface area contributed by atoms with Crippen molar-refractivity contribution >= 4 is 20.7 Å². The van der Waals surface area contributed by atoms with E-state index in [1.54, 1.807) is 26.2 Å². The largest absolute Gasteiger partial charge is 0.496 e. The number of ether oxygens (including phenoxy) is 2. The van der Waals surface area contributed by atoms with Crippen LogP contribution in [-0.4, -0.2) is 31.0 Å². The number of carbonyl (C=O) groups excluding carboxylic acids is 1. The Morgan fingerprint density at radius 1 is 1.28 bits per heavy atom. The van der Waals surface area contributed by atoms with E-state index in [4.69, 9.17) is 9.47 Å². The van der Waals surface area contributed by atoms with Gasteiger partial charge in [-0.15, -0.1) is 0 Å². The Kier molecular flexibility index (Phi) is 5.02. The molecule has 0 unspecified atom stereocenters. The molecule has 0 aliphatic rings. The van der Waals surface area contributed by atoms with E-state index in [2.05, 4.69) is 15.9 Å². The first kappa shape index (κ1) is 14.8. The summed E-state index contributed by atoms with van der Waals surface area (Å²) in [5.41, 5.74) is 3.00. The molecule has 1 amide bonds. The number of hydrogen-bond acceptors (Lipinski definition) is 3. The molecule has 0 aliphatic heterocycles. The summed E-state index contributed by atoms with van der Waals surface area (Å²) in [7, 11) is 4.99. The molecule has 100 valence electrons. The van der Waals surface area contributed by atoms with Gasteiger partial charge in [0.15, 0.2) is 0 Å². The highest BCUT2D eigenvalue weighted by Crippen LogP contribution is 2.34. The van der Waals surface area contributed by atoms with Gasteiger partial charge in [-0.3, -0.25) is 4.79 Å². The number of amides is 1. The lowest BCUT2D eigenvalue weighted by Gasteiger charge is -2.20. The van der Waals surface area contributed by atoms with Crippen LogP contribution in [0.1, 0.15) is 16.7 Å². The van der Waals surface area contributed by atoms with E-state index >= 15 is 0 Å². The first-order valence-corrected chi connectivity index (χ1v) is 6.33. The van der Waals surface area contributed by atoms with Crippen LogP contribution in [0.5, 0.6) is 11.5 Å². The van der Waals surface area contributed by atoms with Crippen molar-refractivity contribution in [3.63, 3.8) is 0 Å². The van der Waals surface area contributed by atoms with E-state index in [1.165, 1.54) is 0 Å². The molecule has 0 fully saturated rings. The number of methoxy groups -OCH3 is 2. The van der Waals surface area contributed by atoms with Crippen LogP contribution >= 0.6 is 15.9 Å². The lowest BCUT2D eigenvalue weighted by molar-refractivity contribution is 0.232. The zero-order chi connectivity index (χ0) is 13.9. The third-order valence-electron chi connectivity index (χ3n) is 3.00. The summed E-state index contributed by atoms with van der Waals surface area (Å²) in [6, 6.07) is 1.91. The van der Waals surface area contributed by atoms with E-state index in [0.717, 1.165) is 28.2 Å². The normalized spacial score (nSPS) is 10.1. The lowest BCUT2D eigenvalue weighted by atomic mass is 10.0. The molecule has 1 aromatic rings. The molecule has 0 aliphatic carbocycles. The number of rotatable bonds is 4. The van der Waals surface area contributed by atoms with Crippen molar-refractivity contribution in [1.29, 1.82) is 0 Å². The van der Waals surface area contributed by atoms with Crippen LogP contribution in [0.4, 0.5) is 4.79 Å². The summed E-state index contributed by atoms with van der Waals surface area (Å²) in [6.45, 7) is 4.43. The van der Waals surface area contributed by atoms with Crippen LogP contribution in [0.15, 0.2) is 6.07 Å². The number of nitrogens with zero attached hydrogens (tertiary/aromatic N) is 1. The fourth-order valence-electron chi connectivity index (χ4n) is 1.86. The summed E-state index contributed by atoms with van der Waals surface area (Å²) in [5, 5.41) is 0. The van der Waals surface area contributed by atoms with Crippen molar-refractivity contribution in [2.75, 3.05) is 21.3 Å². The van der Waals surface area contributed by atoms with Crippen molar-refractivity contribution < 1.29 is 14.3 Å². The minimum absolute atomic E-state index is 0.165. The second-order valence-electron chi connectivity index (χ2n) is 4.13. The lowest BCUT2D eigenvalue weighted by Crippen LogP contribution is -2.20. The van der Waals surface area contributed by atoms with Gasteiger partial charge in [-0.2, -0.15) is 0 Å². The van der Waals surface area contributed by atoms with Gasteiger partial charge in [0.1, 0.15) is 11.5 Å². The highest BCUT2D eigenvalue weighted by Gasteiger charge is 2.16. The molecule has 0 heterocycles. The monoisotopic (exact) mass is 315 g/mol. The Balaban J connectivity index is 3.25. The molecule has 18 heavy (non-hydrogen) atoms. The number of carbonyl (C=O) groups is 1. The van der Waals surface area contributed by atoms with Crippen LogP contribution in [-0.2, 0) is 6.54 Å². The van der Waals surface area contributed by atoms with Gasteiger partial charge in [-0.1, -0.05) is 0 Å². The Bertz CT molecular complexity index is 460. The van der Waals surface area contributed by atoms with Crippen molar-refractivity contribution in [2.45, 2.75) is 20.4 Å². The minimum atomic E-state index is -0.165. The molecular weight excluding hydrogens is 298 g/mol. The summed E-state index contributed by atoms with van der Waals surface area (Å²) < 4.78 is 10.8. The molecular formula is C13H18BrNO3. The van der Waals surface area contributed by atoms with E-state index in [0.29, 0.717) is 6.54 Å². The molecule has 1 rings (SSSR count). The smallest absolute Gasteiger partial charge is 0.289 e. The Morgan fingerprint density at radius 2 is 1.89 bits per heavy atom. The third-order valence-corrected chi connectivity index (χ3v) is 3.61. The fourth-order valence-corrected chi connectivity index (χ4v) is 1.98. The second kappa shape index (κ2) is 6.09. The SMILES string of the molecule is COc1cc(CN(C)C(=O)Br)c(OC)c(C)c1C. The first-order valence-electron chi connectivity index (χ1n) is 5.54. The Hall–Kier alpha value is -1.23. The van der Waals surface area contributed by atoms with Crippen molar-refractivity contribution in [1.82, 2.24) is 4.90 Å². The van der Waals surface area contributed by atoms with Crippen LogP contribution < -0.4 is 9.47 Å². The maximum Gasteiger partial charge on any atom is 0.289 e. The predicted octanol–water partition coefficient (Wildman–Crippen LogP) is 3.27. The average Bonchev–Trinajstić information content (AvgIpc) is 2.33. The van der Waals surface area contributed by atoms with Crippen molar-refractivity contribution in [3.8, 4) is 11.5 Å². The summed E-state index contributed by atoms with van der Waals surface area (Å²) in [4.78, 5) is 12.6. The summed E-state index contributed by atoms with van der Waals surface area (Å²) in [5.74, 6) is 1.60. The standard InChI is InChI=1S/C13H18BrNO3/c1-8-9(2)12(18-5)10(6-11(8)17-4)7-15(3)13(14)16/h6H,7H2,1-5H3.